The van der Waals surface area contributed by atoms with Crippen LogP contribution < -0.4 is 4.74 Å². The average Bonchev–Trinajstić information content (AvgIpc) is 3.18. The zero-order chi connectivity index (χ0) is 22.6. The van der Waals surface area contributed by atoms with Crippen molar-refractivity contribution in [1.29, 1.82) is 0 Å². The van der Waals surface area contributed by atoms with Gasteiger partial charge in [-0.05, 0) is 57.5 Å². The van der Waals surface area contributed by atoms with Crippen LogP contribution in [0.3, 0.4) is 0 Å². The number of rotatable bonds is 8. The highest BCUT2D eigenvalue weighted by molar-refractivity contribution is 5.89. The first-order valence-electron chi connectivity index (χ1n) is 9.83. The third-order valence-corrected chi connectivity index (χ3v) is 4.70. The number of carbonyl (C=O) groups is 2. The Balaban J connectivity index is 1.59. The molecule has 0 saturated heterocycles. The molecule has 0 aliphatic rings. The van der Waals surface area contributed by atoms with E-state index in [0.717, 1.165) is 5.56 Å². The standard InChI is InChI=1S/C23H25N3O5/c1-15-5-7-17(8-6-15)13-26-14-20(24-25-26)16(2)30-21(27)18-9-11-19(12-10-18)31-23(3,4)22(28)29/h5-12,14,16H,13H2,1-4H3,(H,28,29). The van der Waals surface area contributed by atoms with E-state index < -0.39 is 23.6 Å². The molecule has 0 fully saturated rings. The van der Waals surface area contributed by atoms with Gasteiger partial charge in [-0.2, -0.15) is 0 Å². The zero-order valence-corrected chi connectivity index (χ0v) is 17.9. The fourth-order valence-electron chi connectivity index (χ4n) is 2.74. The van der Waals surface area contributed by atoms with Gasteiger partial charge in [0.2, 0.25) is 0 Å². The van der Waals surface area contributed by atoms with E-state index in [1.54, 1.807) is 17.8 Å². The van der Waals surface area contributed by atoms with Gasteiger partial charge in [0.05, 0.1) is 18.3 Å². The number of aromatic nitrogens is 3. The molecular formula is C23H25N3O5. The van der Waals surface area contributed by atoms with Crippen LogP contribution in [0.4, 0.5) is 0 Å². The lowest BCUT2D eigenvalue weighted by molar-refractivity contribution is -0.152. The monoisotopic (exact) mass is 423 g/mol. The van der Waals surface area contributed by atoms with Gasteiger partial charge in [-0.25, -0.2) is 14.3 Å². The van der Waals surface area contributed by atoms with Crippen molar-refractivity contribution in [2.24, 2.45) is 0 Å². The van der Waals surface area contributed by atoms with Crippen LogP contribution in [0.1, 0.15) is 54.1 Å². The summed E-state index contributed by atoms with van der Waals surface area (Å²) in [5.74, 6) is -1.26. The van der Waals surface area contributed by atoms with E-state index in [1.165, 1.54) is 43.7 Å². The van der Waals surface area contributed by atoms with Crippen LogP contribution in [0.15, 0.2) is 54.7 Å². The third kappa shape index (κ3) is 5.69. The second-order valence-electron chi connectivity index (χ2n) is 7.82. The Morgan fingerprint density at radius 3 is 2.35 bits per heavy atom. The Kier molecular flexibility index (Phi) is 6.39. The van der Waals surface area contributed by atoms with E-state index in [-0.39, 0.29) is 0 Å². The van der Waals surface area contributed by atoms with E-state index in [1.807, 2.05) is 31.2 Å². The largest absolute Gasteiger partial charge is 0.478 e. The van der Waals surface area contributed by atoms with Gasteiger partial charge in [-0.3, -0.25) is 0 Å². The van der Waals surface area contributed by atoms with Gasteiger partial charge in [0.25, 0.3) is 0 Å². The number of carboxylic acid groups (broad SMARTS) is 1. The Morgan fingerprint density at radius 1 is 1.10 bits per heavy atom. The van der Waals surface area contributed by atoms with Gasteiger partial charge < -0.3 is 14.6 Å². The van der Waals surface area contributed by atoms with Crippen molar-refractivity contribution in [3.63, 3.8) is 0 Å². The smallest absolute Gasteiger partial charge is 0.347 e. The summed E-state index contributed by atoms with van der Waals surface area (Å²) >= 11 is 0. The minimum Gasteiger partial charge on any atom is -0.478 e. The fraction of sp³-hybridized carbons (Fsp3) is 0.304. The maximum atomic E-state index is 12.5. The Labute approximate surface area is 180 Å². The summed E-state index contributed by atoms with van der Waals surface area (Å²) in [5.41, 5.74) is 1.78. The summed E-state index contributed by atoms with van der Waals surface area (Å²) in [6, 6.07) is 14.3. The lowest BCUT2D eigenvalue weighted by atomic mass is 10.1. The van der Waals surface area contributed by atoms with Crippen molar-refractivity contribution in [3.05, 3.63) is 77.1 Å². The van der Waals surface area contributed by atoms with Crippen LogP contribution in [0.5, 0.6) is 5.75 Å². The minimum atomic E-state index is -1.37. The molecule has 31 heavy (non-hydrogen) atoms. The average molecular weight is 423 g/mol. The number of aliphatic carboxylic acids is 1. The molecule has 0 aliphatic carbocycles. The number of aryl methyl sites for hydroxylation is 1. The fourth-order valence-corrected chi connectivity index (χ4v) is 2.74. The lowest BCUT2D eigenvalue weighted by Gasteiger charge is -2.21. The SMILES string of the molecule is Cc1ccc(Cn2cc(C(C)OC(=O)c3ccc(OC(C)(C)C(=O)O)cc3)nn2)cc1. The first-order valence-corrected chi connectivity index (χ1v) is 9.83. The number of hydrogen-bond acceptors (Lipinski definition) is 6. The van der Waals surface area contributed by atoms with E-state index in [0.29, 0.717) is 23.6 Å². The topological polar surface area (TPSA) is 104 Å². The summed E-state index contributed by atoms with van der Waals surface area (Å²) in [4.78, 5) is 23.6. The van der Waals surface area contributed by atoms with Crippen molar-refractivity contribution in [3.8, 4) is 5.75 Å². The molecule has 0 bridgehead atoms. The van der Waals surface area contributed by atoms with Gasteiger partial charge in [0.1, 0.15) is 17.5 Å². The number of nitrogens with zero attached hydrogens (tertiary/aromatic N) is 3. The molecule has 3 aromatic rings. The molecule has 2 aromatic carbocycles. The number of carboxylic acids is 1. The number of ether oxygens (including phenoxy) is 2. The number of hydrogen-bond donors (Lipinski definition) is 1. The van der Waals surface area contributed by atoms with E-state index in [4.69, 9.17) is 14.6 Å². The summed E-state index contributed by atoms with van der Waals surface area (Å²) in [7, 11) is 0. The van der Waals surface area contributed by atoms with Gasteiger partial charge in [-0.15, -0.1) is 5.10 Å². The van der Waals surface area contributed by atoms with Crippen LogP contribution >= 0.6 is 0 Å². The van der Waals surface area contributed by atoms with Crippen molar-refractivity contribution in [1.82, 2.24) is 15.0 Å². The molecule has 1 atom stereocenters. The molecule has 1 aromatic heterocycles. The first-order chi connectivity index (χ1) is 14.6. The molecule has 3 rings (SSSR count). The highest BCUT2D eigenvalue weighted by Crippen LogP contribution is 2.21. The Bertz CT molecular complexity index is 1060. The van der Waals surface area contributed by atoms with Crippen LogP contribution in [0.25, 0.3) is 0 Å². The highest BCUT2D eigenvalue weighted by atomic mass is 16.5. The van der Waals surface area contributed by atoms with Crippen LogP contribution in [-0.2, 0) is 16.1 Å². The lowest BCUT2D eigenvalue weighted by Crippen LogP contribution is -2.37. The molecule has 0 spiro atoms. The van der Waals surface area contributed by atoms with E-state index >= 15 is 0 Å². The maximum Gasteiger partial charge on any atom is 0.347 e. The van der Waals surface area contributed by atoms with Gasteiger partial charge in [-0.1, -0.05) is 35.0 Å². The minimum absolute atomic E-state index is 0.319. The Hall–Kier alpha value is -3.68. The van der Waals surface area contributed by atoms with Crippen molar-refractivity contribution in [2.75, 3.05) is 0 Å². The molecule has 8 nitrogen and oxygen atoms in total. The molecule has 0 amide bonds. The second-order valence-corrected chi connectivity index (χ2v) is 7.82. The van der Waals surface area contributed by atoms with Gasteiger partial charge >= 0.3 is 11.9 Å². The molecule has 1 N–H and O–H groups in total. The Morgan fingerprint density at radius 2 is 1.74 bits per heavy atom. The molecule has 1 unspecified atom stereocenters. The van der Waals surface area contributed by atoms with E-state index in [2.05, 4.69) is 10.3 Å². The number of benzene rings is 2. The summed E-state index contributed by atoms with van der Waals surface area (Å²) < 4.78 is 12.6. The predicted molar refractivity (Wildman–Crippen MR) is 113 cm³/mol. The van der Waals surface area contributed by atoms with Crippen molar-refractivity contribution in [2.45, 2.75) is 45.9 Å². The molecular weight excluding hydrogens is 398 g/mol. The van der Waals surface area contributed by atoms with Gasteiger partial charge in [0, 0.05) is 0 Å². The van der Waals surface area contributed by atoms with Crippen LogP contribution in [0, 0.1) is 6.92 Å². The van der Waals surface area contributed by atoms with Crippen molar-refractivity contribution < 1.29 is 24.2 Å². The summed E-state index contributed by atoms with van der Waals surface area (Å²) in [6.45, 7) is 7.23. The first kappa shape index (κ1) is 22.0. The molecule has 8 heteroatoms. The quantitative estimate of drug-likeness (QED) is 0.550. The van der Waals surface area contributed by atoms with Crippen LogP contribution in [-0.4, -0.2) is 37.6 Å². The molecule has 0 aliphatic heterocycles. The normalized spacial score (nSPS) is 12.3. The molecule has 1 heterocycles. The van der Waals surface area contributed by atoms with E-state index in [9.17, 15) is 9.59 Å². The predicted octanol–water partition coefficient (Wildman–Crippen LogP) is 3.79. The highest BCUT2D eigenvalue weighted by Gasteiger charge is 2.29. The van der Waals surface area contributed by atoms with Gasteiger partial charge in [0.15, 0.2) is 5.60 Å². The molecule has 162 valence electrons. The number of esters is 1. The molecule has 0 saturated carbocycles. The zero-order valence-electron chi connectivity index (χ0n) is 17.9. The van der Waals surface area contributed by atoms with Crippen LogP contribution in [0.2, 0.25) is 0 Å². The molecule has 0 radical (unpaired) electrons. The second kappa shape index (κ2) is 8.99. The summed E-state index contributed by atoms with van der Waals surface area (Å²) in [5, 5.41) is 17.3. The van der Waals surface area contributed by atoms with Crippen molar-refractivity contribution >= 4 is 11.9 Å². The number of carbonyl (C=O) groups excluding carboxylic acids is 1. The maximum absolute atomic E-state index is 12.5. The summed E-state index contributed by atoms with van der Waals surface area (Å²) in [6.07, 6.45) is 1.17. The third-order valence-electron chi connectivity index (χ3n) is 4.70.